The quantitative estimate of drug-likeness (QED) is 0.796. The standard InChI is InChI=1S/C17H25F3N4O2/c1-4-5-8-22(2)15(25)12-6-9-24(10-7-12)16(26)13-11-23(3)21-14(13)17(18,19)20/h11-12H,4-10H2,1-3H3. The number of aryl methyl sites for hydroxylation is 1. The van der Waals surface area contributed by atoms with Gasteiger partial charge in [-0.3, -0.25) is 14.3 Å². The number of piperidine rings is 1. The Morgan fingerprint density at radius 3 is 2.46 bits per heavy atom. The van der Waals surface area contributed by atoms with Gasteiger partial charge in [0.2, 0.25) is 5.91 Å². The van der Waals surface area contributed by atoms with Crippen molar-refractivity contribution < 1.29 is 22.8 Å². The summed E-state index contributed by atoms with van der Waals surface area (Å²) in [6.07, 6.45) is -0.729. The van der Waals surface area contributed by atoms with E-state index in [1.807, 2.05) is 0 Å². The summed E-state index contributed by atoms with van der Waals surface area (Å²) in [4.78, 5) is 28.0. The van der Waals surface area contributed by atoms with Gasteiger partial charge in [-0.2, -0.15) is 18.3 Å². The summed E-state index contributed by atoms with van der Waals surface area (Å²) in [6.45, 7) is 3.28. The fourth-order valence-corrected chi connectivity index (χ4v) is 3.17. The van der Waals surface area contributed by atoms with Gasteiger partial charge in [-0.15, -0.1) is 0 Å². The lowest BCUT2D eigenvalue weighted by atomic mass is 9.95. The van der Waals surface area contributed by atoms with Gasteiger partial charge in [0.1, 0.15) is 0 Å². The number of hydrogen-bond acceptors (Lipinski definition) is 3. The van der Waals surface area contributed by atoms with Crippen LogP contribution in [0.1, 0.15) is 48.7 Å². The van der Waals surface area contributed by atoms with E-state index in [2.05, 4.69) is 12.0 Å². The Morgan fingerprint density at radius 1 is 1.31 bits per heavy atom. The molecule has 1 aromatic heterocycles. The zero-order valence-corrected chi connectivity index (χ0v) is 15.3. The molecule has 0 aromatic carbocycles. The van der Waals surface area contributed by atoms with E-state index in [-0.39, 0.29) is 24.9 Å². The lowest BCUT2D eigenvalue weighted by Crippen LogP contribution is -2.44. The van der Waals surface area contributed by atoms with E-state index in [1.54, 1.807) is 11.9 Å². The predicted molar refractivity (Wildman–Crippen MR) is 89.4 cm³/mol. The second-order valence-electron chi connectivity index (χ2n) is 6.74. The highest BCUT2D eigenvalue weighted by molar-refractivity contribution is 5.95. The summed E-state index contributed by atoms with van der Waals surface area (Å²) in [7, 11) is 3.11. The molecular formula is C17H25F3N4O2. The molecule has 2 amide bonds. The van der Waals surface area contributed by atoms with Crippen molar-refractivity contribution in [2.75, 3.05) is 26.7 Å². The number of rotatable bonds is 5. The number of unbranched alkanes of at least 4 members (excludes halogenated alkanes) is 1. The van der Waals surface area contributed by atoms with Gasteiger partial charge >= 0.3 is 6.18 Å². The van der Waals surface area contributed by atoms with Crippen molar-refractivity contribution in [3.63, 3.8) is 0 Å². The van der Waals surface area contributed by atoms with Crippen LogP contribution in [0.3, 0.4) is 0 Å². The lowest BCUT2D eigenvalue weighted by Gasteiger charge is -2.33. The van der Waals surface area contributed by atoms with Crippen molar-refractivity contribution in [3.8, 4) is 0 Å². The van der Waals surface area contributed by atoms with E-state index in [9.17, 15) is 22.8 Å². The second-order valence-corrected chi connectivity index (χ2v) is 6.74. The maximum Gasteiger partial charge on any atom is 0.435 e. The van der Waals surface area contributed by atoms with Crippen molar-refractivity contribution in [2.24, 2.45) is 13.0 Å². The maximum atomic E-state index is 13.1. The summed E-state index contributed by atoms with van der Waals surface area (Å²) in [5.74, 6) is -0.824. The van der Waals surface area contributed by atoms with Crippen molar-refractivity contribution in [1.82, 2.24) is 19.6 Å². The molecule has 2 heterocycles. The molecule has 2 rings (SSSR count). The number of carbonyl (C=O) groups excluding carboxylic acids is 2. The van der Waals surface area contributed by atoms with Crippen LogP contribution < -0.4 is 0 Å². The maximum absolute atomic E-state index is 13.1. The fraction of sp³-hybridized carbons (Fsp3) is 0.706. The van der Waals surface area contributed by atoms with Gasteiger partial charge in [0, 0.05) is 45.8 Å². The number of alkyl halides is 3. The summed E-state index contributed by atoms with van der Waals surface area (Å²) in [6, 6.07) is 0. The molecular weight excluding hydrogens is 349 g/mol. The molecule has 1 fully saturated rings. The molecule has 146 valence electrons. The lowest BCUT2D eigenvalue weighted by molar-refractivity contribution is -0.141. The minimum Gasteiger partial charge on any atom is -0.346 e. The molecule has 0 spiro atoms. The number of aromatic nitrogens is 2. The highest BCUT2D eigenvalue weighted by Crippen LogP contribution is 2.32. The Morgan fingerprint density at radius 2 is 1.92 bits per heavy atom. The average Bonchev–Trinajstić information content (AvgIpc) is 3.00. The number of carbonyl (C=O) groups is 2. The highest BCUT2D eigenvalue weighted by atomic mass is 19.4. The zero-order valence-electron chi connectivity index (χ0n) is 15.3. The highest BCUT2D eigenvalue weighted by Gasteiger charge is 2.40. The molecule has 26 heavy (non-hydrogen) atoms. The Labute approximate surface area is 150 Å². The molecule has 1 aliphatic rings. The molecule has 0 N–H and O–H groups in total. The van der Waals surface area contributed by atoms with Gasteiger partial charge in [-0.05, 0) is 19.3 Å². The zero-order chi connectivity index (χ0) is 19.5. The van der Waals surface area contributed by atoms with Crippen molar-refractivity contribution in [2.45, 2.75) is 38.8 Å². The fourth-order valence-electron chi connectivity index (χ4n) is 3.17. The van der Waals surface area contributed by atoms with Crippen LogP contribution in [0.25, 0.3) is 0 Å². The van der Waals surface area contributed by atoms with Gasteiger partial charge in [0.25, 0.3) is 5.91 Å². The first-order chi connectivity index (χ1) is 12.1. The van der Waals surface area contributed by atoms with Gasteiger partial charge in [-0.1, -0.05) is 13.3 Å². The van der Waals surface area contributed by atoms with Crippen LogP contribution in [0, 0.1) is 5.92 Å². The predicted octanol–water partition coefficient (Wildman–Crippen LogP) is 2.55. The summed E-state index contributed by atoms with van der Waals surface area (Å²) in [5, 5.41) is 3.38. The molecule has 0 aliphatic carbocycles. The topological polar surface area (TPSA) is 58.4 Å². The third kappa shape index (κ3) is 4.56. The van der Waals surface area contributed by atoms with Crippen LogP contribution in [0.4, 0.5) is 13.2 Å². The SMILES string of the molecule is CCCCN(C)C(=O)C1CCN(C(=O)c2cn(C)nc2C(F)(F)F)CC1. The van der Waals surface area contributed by atoms with Gasteiger partial charge in [0.15, 0.2) is 5.69 Å². The van der Waals surface area contributed by atoms with E-state index in [1.165, 1.54) is 11.9 Å². The number of likely N-dealkylation sites (tertiary alicyclic amines) is 1. The summed E-state index contributed by atoms with van der Waals surface area (Å²) in [5.41, 5.74) is -1.60. The third-order valence-corrected chi connectivity index (χ3v) is 4.68. The smallest absolute Gasteiger partial charge is 0.346 e. The molecule has 0 unspecified atom stereocenters. The molecule has 6 nitrogen and oxygen atoms in total. The third-order valence-electron chi connectivity index (χ3n) is 4.68. The van der Waals surface area contributed by atoms with E-state index >= 15 is 0 Å². The Hall–Kier alpha value is -2.06. The van der Waals surface area contributed by atoms with E-state index < -0.39 is 23.3 Å². The molecule has 0 bridgehead atoms. The first kappa shape index (κ1) is 20.3. The monoisotopic (exact) mass is 374 g/mol. The Bertz CT molecular complexity index is 649. The summed E-state index contributed by atoms with van der Waals surface area (Å²) >= 11 is 0. The van der Waals surface area contributed by atoms with Crippen LogP contribution in [0.2, 0.25) is 0 Å². The Kier molecular flexibility index (Phi) is 6.30. The molecule has 1 aromatic rings. The van der Waals surface area contributed by atoms with Crippen LogP contribution in [0.5, 0.6) is 0 Å². The van der Waals surface area contributed by atoms with Gasteiger partial charge in [0.05, 0.1) is 5.56 Å². The van der Waals surface area contributed by atoms with Gasteiger partial charge < -0.3 is 9.80 Å². The number of amides is 2. The van der Waals surface area contributed by atoms with Crippen molar-refractivity contribution in [1.29, 1.82) is 0 Å². The largest absolute Gasteiger partial charge is 0.435 e. The van der Waals surface area contributed by atoms with E-state index in [0.717, 1.165) is 23.7 Å². The normalized spacial score (nSPS) is 16.0. The first-order valence-electron chi connectivity index (χ1n) is 8.80. The van der Waals surface area contributed by atoms with Crippen molar-refractivity contribution >= 4 is 11.8 Å². The second kappa shape index (κ2) is 8.09. The van der Waals surface area contributed by atoms with Crippen molar-refractivity contribution in [3.05, 3.63) is 17.5 Å². The van der Waals surface area contributed by atoms with Crippen LogP contribution in [0.15, 0.2) is 6.20 Å². The van der Waals surface area contributed by atoms with Crippen LogP contribution >= 0.6 is 0 Å². The Balaban J connectivity index is 2.00. The number of nitrogens with zero attached hydrogens (tertiary/aromatic N) is 4. The number of halogens is 3. The van der Waals surface area contributed by atoms with Gasteiger partial charge in [-0.25, -0.2) is 0 Å². The van der Waals surface area contributed by atoms with Crippen LogP contribution in [-0.2, 0) is 18.0 Å². The molecule has 0 saturated carbocycles. The average molecular weight is 374 g/mol. The van der Waals surface area contributed by atoms with Crippen LogP contribution in [-0.4, -0.2) is 58.1 Å². The van der Waals surface area contributed by atoms with E-state index in [0.29, 0.717) is 19.4 Å². The molecule has 9 heteroatoms. The molecule has 1 saturated heterocycles. The first-order valence-corrected chi connectivity index (χ1v) is 8.80. The molecule has 0 atom stereocenters. The molecule has 1 aliphatic heterocycles. The van der Waals surface area contributed by atoms with E-state index in [4.69, 9.17) is 0 Å². The number of hydrogen-bond donors (Lipinski definition) is 0. The summed E-state index contributed by atoms with van der Waals surface area (Å²) < 4.78 is 40.1. The minimum absolute atomic E-state index is 0.0444. The molecule has 0 radical (unpaired) electrons. The minimum atomic E-state index is -4.68.